The summed E-state index contributed by atoms with van der Waals surface area (Å²) in [6.07, 6.45) is 3.73. The van der Waals surface area contributed by atoms with Crippen molar-refractivity contribution in [1.29, 1.82) is 0 Å². The molecule has 0 aliphatic carbocycles. The summed E-state index contributed by atoms with van der Waals surface area (Å²) in [5, 5.41) is 11.0. The van der Waals surface area contributed by atoms with E-state index in [1.54, 1.807) is 30.3 Å². The second-order valence-corrected chi connectivity index (χ2v) is 6.60. The number of hydrogen-bond donors (Lipinski definition) is 0. The van der Waals surface area contributed by atoms with Gasteiger partial charge in [-0.2, -0.15) is 0 Å². The molecule has 0 saturated heterocycles. The summed E-state index contributed by atoms with van der Waals surface area (Å²) >= 11 is 0. The molecule has 1 aliphatic heterocycles. The maximum absolute atomic E-state index is 12.5. The summed E-state index contributed by atoms with van der Waals surface area (Å²) in [4.78, 5) is 36.9. The van der Waals surface area contributed by atoms with E-state index in [4.69, 9.17) is 0 Å². The van der Waals surface area contributed by atoms with Crippen LogP contribution in [0.2, 0.25) is 0 Å². The van der Waals surface area contributed by atoms with Crippen LogP contribution in [-0.2, 0) is 4.79 Å². The molecule has 1 aliphatic rings. The largest absolute Gasteiger partial charge is 0.301 e. The Kier molecular flexibility index (Phi) is 4.75. The molecule has 29 heavy (non-hydrogen) atoms. The number of nitrogens with zero attached hydrogens (tertiary/aromatic N) is 2. The van der Waals surface area contributed by atoms with Crippen LogP contribution >= 0.6 is 0 Å². The first-order chi connectivity index (χ1) is 14.0. The van der Waals surface area contributed by atoms with Crippen LogP contribution in [0, 0.1) is 10.1 Å². The summed E-state index contributed by atoms with van der Waals surface area (Å²) in [6.45, 7) is 0.280. The molecule has 3 aromatic carbocycles. The number of carbonyl (C=O) groups excluding carboxylic acids is 2. The summed E-state index contributed by atoms with van der Waals surface area (Å²) < 4.78 is 0. The molecule has 6 nitrogen and oxygen atoms in total. The second kappa shape index (κ2) is 7.52. The SMILES string of the molecule is O=C1C(=O)N(C/C=C/c2ccccc2)c2ccc(-c3cccc([N+](=O)[O-])c3)cc21. The lowest BCUT2D eigenvalue weighted by atomic mass is 10.0. The number of carbonyl (C=O) groups is 2. The van der Waals surface area contributed by atoms with Gasteiger partial charge in [0.2, 0.25) is 0 Å². The normalized spacial score (nSPS) is 13.2. The summed E-state index contributed by atoms with van der Waals surface area (Å²) in [6, 6.07) is 21.0. The first kappa shape index (κ1) is 18.3. The first-order valence-corrected chi connectivity index (χ1v) is 9.01. The zero-order chi connectivity index (χ0) is 20.4. The molecule has 0 aromatic heterocycles. The molecular formula is C23H16N2O4. The van der Waals surface area contributed by atoms with Gasteiger partial charge in [-0.1, -0.05) is 60.7 Å². The van der Waals surface area contributed by atoms with Crippen molar-refractivity contribution in [3.05, 3.63) is 100 Å². The molecule has 4 rings (SSSR count). The van der Waals surface area contributed by atoms with E-state index in [1.165, 1.54) is 17.0 Å². The van der Waals surface area contributed by atoms with Crippen molar-refractivity contribution in [1.82, 2.24) is 0 Å². The van der Waals surface area contributed by atoms with Crippen molar-refractivity contribution in [3.63, 3.8) is 0 Å². The number of hydrogen-bond acceptors (Lipinski definition) is 4. The van der Waals surface area contributed by atoms with Crippen LogP contribution in [0.4, 0.5) is 11.4 Å². The third-order valence-electron chi connectivity index (χ3n) is 4.76. The van der Waals surface area contributed by atoms with Gasteiger partial charge in [0, 0.05) is 18.7 Å². The van der Waals surface area contributed by atoms with Crippen molar-refractivity contribution >= 4 is 29.1 Å². The van der Waals surface area contributed by atoms with Crippen LogP contribution < -0.4 is 4.90 Å². The number of fused-ring (bicyclic) bond motifs is 1. The molecule has 142 valence electrons. The van der Waals surface area contributed by atoms with Crippen LogP contribution in [-0.4, -0.2) is 23.2 Å². The Morgan fingerprint density at radius 3 is 2.41 bits per heavy atom. The lowest BCUT2D eigenvalue weighted by molar-refractivity contribution is -0.384. The molecule has 0 fully saturated rings. The number of nitro benzene ring substituents is 1. The van der Waals surface area contributed by atoms with Gasteiger partial charge >= 0.3 is 0 Å². The highest BCUT2D eigenvalue weighted by atomic mass is 16.6. The van der Waals surface area contributed by atoms with Crippen molar-refractivity contribution in [2.45, 2.75) is 0 Å². The number of Topliss-reactive ketones (excluding diaryl/α,β-unsaturated/α-hetero) is 1. The standard InChI is InChI=1S/C23H16N2O4/c26-22-20-15-18(17-9-4-10-19(14-17)25(28)29)11-12-21(20)24(23(22)27)13-5-8-16-6-2-1-3-7-16/h1-12,14-15H,13H2/b8-5+. The molecule has 1 heterocycles. The maximum Gasteiger partial charge on any atom is 0.299 e. The Morgan fingerprint density at radius 2 is 1.66 bits per heavy atom. The first-order valence-electron chi connectivity index (χ1n) is 9.01. The minimum Gasteiger partial charge on any atom is -0.301 e. The Bertz CT molecular complexity index is 1150. The van der Waals surface area contributed by atoms with E-state index < -0.39 is 16.6 Å². The predicted octanol–water partition coefficient (Wildman–Crippen LogP) is 4.50. The van der Waals surface area contributed by atoms with E-state index in [2.05, 4.69) is 0 Å². The number of benzene rings is 3. The molecule has 0 saturated carbocycles. The van der Waals surface area contributed by atoms with Gasteiger partial charge in [-0.25, -0.2) is 0 Å². The monoisotopic (exact) mass is 384 g/mol. The van der Waals surface area contributed by atoms with Crippen molar-refractivity contribution < 1.29 is 14.5 Å². The van der Waals surface area contributed by atoms with Gasteiger partial charge in [-0.05, 0) is 28.8 Å². The molecular weight excluding hydrogens is 368 g/mol. The van der Waals surface area contributed by atoms with Crippen LogP contribution in [0.25, 0.3) is 17.2 Å². The van der Waals surface area contributed by atoms with E-state index in [9.17, 15) is 19.7 Å². The molecule has 6 heteroatoms. The third-order valence-corrected chi connectivity index (χ3v) is 4.76. The Balaban J connectivity index is 1.62. The lowest BCUT2D eigenvalue weighted by Gasteiger charge is -2.14. The van der Waals surface area contributed by atoms with E-state index in [1.807, 2.05) is 42.5 Å². The molecule has 3 aromatic rings. The van der Waals surface area contributed by atoms with Crippen LogP contribution in [0.15, 0.2) is 78.9 Å². The highest BCUT2D eigenvalue weighted by Crippen LogP contribution is 2.33. The quantitative estimate of drug-likeness (QED) is 0.368. The smallest absolute Gasteiger partial charge is 0.299 e. The van der Waals surface area contributed by atoms with E-state index in [-0.39, 0.29) is 12.2 Å². The van der Waals surface area contributed by atoms with Crippen LogP contribution in [0.5, 0.6) is 0 Å². The average molecular weight is 384 g/mol. The summed E-state index contributed by atoms with van der Waals surface area (Å²) in [7, 11) is 0. The fourth-order valence-corrected chi connectivity index (χ4v) is 3.32. The highest BCUT2D eigenvalue weighted by molar-refractivity contribution is 6.52. The maximum atomic E-state index is 12.5. The second-order valence-electron chi connectivity index (χ2n) is 6.60. The molecule has 1 amide bonds. The number of amides is 1. The Morgan fingerprint density at radius 1 is 0.897 bits per heavy atom. The fourth-order valence-electron chi connectivity index (χ4n) is 3.32. The highest BCUT2D eigenvalue weighted by Gasteiger charge is 2.35. The Labute approximate surface area is 166 Å². The molecule has 0 bridgehead atoms. The lowest BCUT2D eigenvalue weighted by Crippen LogP contribution is -2.29. The van der Waals surface area contributed by atoms with Gasteiger partial charge < -0.3 is 4.90 Å². The van der Waals surface area contributed by atoms with Gasteiger partial charge in [0.15, 0.2) is 0 Å². The molecule has 0 unspecified atom stereocenters. The Hall–Kier alpha value is -4.06. The zero-order valence-corrected chi connectivity index (χ0v) is 15.3. The van der Waals surface area contributed by atoms with Gasteiger partial charge in [-0.15, -0.1) is 0 Å². The summed E-state index contributed by atoms with van der Waals surface area (Å²) in [5.41, 5.74) is 3.10. The third kappa shape index (κ3) is 3.55. The van der Waals surface area contributed by atoms with Gasteiger partial charge in [-0.3, -0.25) is 19.7 Å². The predicted molar refractivity (Wildman–Crippen MR) is 111 cm³/mol. The average Bonchev–Trinajstić information content (AvgIpc) is 2.99. The minimum atomic E-state index is -0.575. The van der Waals surface area contributed by atoms with Gasteiger partial charge in [0.25, 0.3) is 17.4 Å². The molecule has 0 N–H and O–H groups in total. The number of ketones is 1. The van der Waals surface area contributed by atoms with Crippen molar-refractivity contribution in [2.24, 2.45) is 0 Å². The van der Waals surface area contributed by atoms with Crippen LogP contribution in [0.1, 0.15) is 15.9 Å². The van der Waals surface area contributed by atoms with Crippen LogP contribution in [0.3, 0.4) is 0 Å². The molecule has 0 radical (unpaired) electrons. The number of nitro groups is 1. The van der Waals surface area contributed by atoms with E-state index in [0.29, 0.717) is 22.4 Å². The fraction of sp³-hybridized carbons (Fsp3) is 0.0435. The minimum absolute atomic E-state index is 0.0296. The van der Waals surface area contributed by atoms with Gasteiger partial charge in [0.1, 0.15) is 0 Å². The number of anilines is 1. The van der Waals surface area contributed by atoms with Crippen molar-refractivity contribution in [2.75, 3.05) is 11.4 Å². The van der Waals surface area contributed by atoms with E-state index in [0.717, 1.165) is 5.56 Å². The van der Waals surface area contributed by atoms with Gasteiger partial charge in [0.05, 0.1) is 16.2 Å². The zero-order valence-electron chi connectivity index (χ0n) is 15.3. The topological polar surface area (TPSA) is 80.5 Å². The molecule has 0 spiro atoms. The molecule has 0 atom stereocenters. The van der Waals surface area contributed by atoms with E-state index >= 15 is 0 Å². The number of non-ortho nitro benzene ring substituents is 1. The summed E-state index contributed by atoms with van der Waals surface area (Å²) in [5.74, 6) is -1.14. The number of rotatable bonds is 5. The van der Waals surface area contributed by atoms with Crippen molar-refractivity contribution in [3.8, 4) is 11.1 Å².